The van der Waals surface area contributed by atoms with Gasteiger partial charge in [0.25, 0.3) is 0 Å². The van der Waals surface area contributed by atoms with E-state index in [4.69, 9.17) is 9.84 Å². The van der Waals surface area contributed by atoms with Crippen LogP contribution in [0, 0.1) is 5.82 Å². The zero-order chi connectivity index (χ0) is 12.3. The molecule has 5 heteroatoms. The molecule has 1 aromatic carbocycles. The van der Waals surface area contributed by atoms with Crippen LogP contribution in [0.3, 0.4) is 0 Å². The summed E-state index contributed by atoms with van der Waals surface area (Å²) in [6, 6.07) is 5.47. The van der Waals surface area contributed by atoms with E-state index < -0.39 is 11.8 Å². The topological polar surface area (TPSA) is 46.5 Å². The summed E-state index contributed by atoms with van der Waals surface area (Å²) in [7, 11) is 0. The van der Waals surface area contributed by atoms with Gasteiger partial charge in [-0.05, 0) is 40.6 Å². The predicted molar refractivity (Wildman–Crippen MR) is 62.0 cm³/mol. The van der Waals surface area contributed by atoms with Crippen molar-refractivity contribution >= 4 is 17.3 Å². The summed E-state index contributed by atoms with van der Waals surface area (Å²) in [6.07, 6.45) is 0. The van der Waals surface area contributed by atoms with Crippen LogP contribution in [0.1, 0.15) is 15.9 Å². The van der Waals surface area contributed by atoms with Crippen LogP contribution in [0.5, 0.6) is 5.75 Å². The Hall–Kier alpha value is -1.88. The normalized spacial score (nSPS) is 10.2. The van der Waals surface area contributed by atoms with E-state index in [1.165, 1.54) is 23.5 Å². The molecule has 2 rings (SSSR count). The number of rotatable bonds is 4. The van der Waals surface area contributed by atoms with Crippen molar-refractivity contribution in [3.63, 3.8) is 0 Å². The molecule has 0 bridgehead atoms. The van der Waals surface area contributed by atoms with Crippen LogP contribution >= 0.6 is 11.3 Å². The lowest BCUT2D eigenvalue weighted by molar-refractivity contribution is 0.0696. The minimum atomic E-state index is -1.16. The Kier molecular flexibility index (Phi) is 3.39. The van der Waals surface area contributed by atoms with E-state index in [-0.39, 0.29) is 17.9 Å². The fraction of sp³-hybridized carbons (Fsp3) is 0.0833. The van der Waals surface area contributed by atoms with Gasteiger partial charge in [-0.15, -0.1) is 0 Å². The van der Waals surface area contributed by atoms with Gasteiger partial charge in [-0.1, -0.05) is 0 Å². The fourth-order valence-electron chi connectivity index (χ4n) is 1.29. The third-order valence-electron chi connectivity index (χ3n) is 2.15. The molecule has 17 heavy (non-hydrogen) atoms. The van der Waals surface area contributed by atoms with E-state index in [0.29, 0.717) is 0 Å². The number of thiophene rings is 1. The van der Waals surface area contributed by atoms with Gasteiger partial charge in [0.05, 0.1) is 5.56 Å². The summed E-state index contributed by atoms with van der Waals surface area (Å²) >= 11 is 1.53. The Morgan fingerprint density at radius 1 is 1.41 bits per heavy atom. The summed E-state index contributed by atoms with van der Waals surface area (Å²) in [6.45, 7) is 0.271. The molecule has 0 fully saturated rings. The third-order valence-corrected chi connectivity index (χ3v) is 2.89. The minimum Gasteiger partial charge on any atom is -0.486 e. The van der Waals surface area contributed by atoms with E-state index in [1.807, 2.05) is 16.8 Å². The van der Waals surface area contributed by atoms with Gasteiger partial charge < -0.3 is 9.84 Å². The number of hydrogen-bond acceptors (Lipinski definition) is 3. The van der Waals surface area contributed by atoms with Crippen LogP contribution < -0.4 is 4.74 Å². The quantitative estimate of drug-likeness (QED) is 0.909. The monoisotopic (exact) mass is 252 g/mol. The highest BCUT2D eigenvalue weighted by atomic mass is 32.1. The highest BCUT2D eigenvalue weighted by Crippen LogP contribution is 2.20. The first-order chi connectivity index (χ1) is 8.16. The van der Waals surface area contributed by atoms with Gasteiger partial charge in [0.15, 0.2) is 11.6 Å². The van der Waals surface area contributed by atoms with Crippen molar-refractivity contribution in [1.82, 2.24) is 0 Å². The van der Waals surface area contributed by atoms with Gasteiger partial charge >= 0.3 is 5.97 Å². The van der Waals surface area contributed by atoms with E-state index in [9.17, 15) is 9.18 Å². The lowest BCUT2D eigenvalue weighted by atomic mass is 10.2. The zero-order valence-corrected chi connectivity index (χ0v) is 9.54. The zero-order valence-electron chi connectivity index (χ0n) is 8.72. The molecule has 0 aliphatic rings. The molecule has 0 aliphatic carbocycles. The second kappa shape index (κ2) is 4.97. The largest absolute Gasteiger partial charge is 0.486 e. The first-order valence-corrected chi connectivity index (χ1v) is 5.78. The highest BCUT2D eigenvalue weighted by molar-refractivity contribution is 7.07. The lowest BCUT2D eigenvalue weighted by Crippen LogP contribution is -2.00. The van der Waals surface area contributed by atoms with E-state index in [0.717, 1.165) is 11.6 Å². The van der Waals surface area contributed by atoms with Crippen molar-refractivity contribution in [2.45, 2.75) is 6.61 Å². The molecule has 0 saturated heterocycles. The SMILES string of the molecule is O=C(O)c1ccc(OCc2ccsc2)c(F)c1. The maximum atomic E-state index is 13.5. The van der Waals surface area contributed by atoms with Gasteiger partial charge in [0.2, 0.25) is 0 Å². The molecule has 0 unspecified atom stereocenters. The summed E-state index contributed by atoms with van der Waals surface area (Å²) in [5, 5.41) is 12.5. The van der Waals surface area contributed by atoms with Crippen LogP contribution in [-0.2, 0) is 6.61 Å². The molecule has 1 aromatic heterocycles. The number of ether oxygens (including phenoxy) is 1. The average Bonchev–Trinajstić information content (AvgIpc) is 2.80. The summed E-state index contributed by atoms with van der Waals surface area (Å²) in [5.41, 5.74) is 0.863. The lowest BCUT2D eigenvalue weighted by Gasteiger charge is -2.06. The second-order valence-electron chi connectivity index (χ2n) is 3.37. The van der Waals surface area contributed by atoms with Crippen LogP contribution in [-0.4, -0.2) is 11.1 Å². The minimum absolute atomic E-state index is 0.0567. The van der Waals surface area contributed by atoms with Crippen LogP contribution in [0.4, 0.5) is 4.39 Å². The molecular weight excluding hydrogens is 243 g/mol. The molecule has 1 heterocycles. The van der Waals surface area contributed by atoms with Gasteiger partial charge in [0.1, 0.15) is 6.61 Å². The summed E-state index contributed by atoms with van der Waals surface area (Å²) in [4.78, 5) is 10.6. The Labute approximate surface area is 101 Å². The molecule has 0 atom stereocenters. The van der Waals surface area contributed by atoms with Crippen LogP contribution in [0.25, 0.3) is 0 Å². The van der Waals surface area contributed by atoms with E-state index >= 15 is 0 Å². The van der Waals surface area contributed by atoms with Crippen molar-refractivity contribution in [3.8, 4) is 5.75 Å². The second-order valence-corrected chi connectivity index (χ2v) is 4.15. The predicted octanol–water partition coefficient (Wildman–Crippen LogP) is 3.16. The maximum Gasteiger partial charge on any atom is 0.335 e. The molecule has 0 saturated carbocycles. The van der Waals surface area contributed by atoms with Crippen molar-refractivity contribution in [2.75, 3.05) is 0 Å². The van der Waals surface area contributed by atoms with Crippen LogP contribution in [0.2, 0.25) is 0 Å². The molecule has 3 nitrogen and oxygen atoms in total. The van der Waals surface area contributed by atoms with Crippen molar-refractivity contribution in [2.24, 2.45) is 0 Å². The summed E-state index contributed by atoms with van der Waals surface area (Å²) < 4.78 is 18.7. The molecule has 2 aromatic rings. The van der Waals surface area contributed by atoms with Gasteiger partial charge in [-0.25, -0.2) is 9.18 Å². The fourth-order valence-corrected chi connectivity index (χ4v) is 1.94. The smallest absolute Gasteiger partial charge is 0.335 e. The summed E-state index contributed by atoms with van der Waals surface area (Å²) in [5.74, 6) is -1.77. The number of carboxylic acids is 1. The molecule has 88 valence electrons. The van der Waals surface area contributed by atoms with Crippen molar-refractivity contribution in [3.05, 3.63) is 52.0 Å². The maximum absolute atomic E-state index is 13.5. The molecule has 0 radical (unpaired) electrons. The Bertz CT molecular complexity index is 523. The Morgan fingerprint density at radius 2 is 2.24 bits per heavy atom. The number of carbonyl (C=O) groups is 1. The Balaban J connectivity index is 2.09. The molecular formula is C12H9FO3S. The number of aromatic carboxylic acids is 1. The third kappa shape index (κ3) is 2.82. The molecule has 1 N–H and O–H groups in total. The molecule has 0 aliphatic heterocycles. The Morgan fingerprint density at radius 3 is 2.82 bits per heavy atom. The average molecular weight is 252 g/mol. The molecule has 0 amide bonds. The van der Waals surface area contributed by atoms with Gasteiger partial charge in [-0.2, -0.15) is 11.3 Å². The van der Waals surface area contributed by atoms with Gasteiger partial charge in [0, 0.05) is 0 Å². The first kappa shape index (κ1) is 11.6. The highest BCUT2D eigenvalue weighted by Gasteiger charge is 2.09. The van der Waals surface area contributed by atoms with E-state index in [2.05, 4.69) is 0 Å². The number of hydrogen-bond donors (Lipinski definition) is 1. The van der Waals surface area contributed by atoms with Crippen LogP contribution in [0.15, 0.2) is 35.0 Å². The van der Waals surface area contributed by atoms with Crippen molar-refractivity contribution in [1.29, 1.82) is 0 Å². The van der Waals surface area contributed by atoms with Gasteiger partial charge in [-0.3, -0.25) is 0 Å². The van der Waals surface area contributed by atoms with E-state index in [1.54, 1.807) is 0 Å². The molecule has 0 spiro atoms. The first-order valence-electron chi connectivity index (χ1n) is 4.83. The van der Waals surface area contributed by atoms with Crippen molar-refractivity contribution < 1.29 is 19.0 Å². The number of halogens is 1. The number of carboxylic acid groups (broad SMARTS) is 1. The standard InChI is InChI=1S/C12H9FO3S/c13-10-5-9(12(14)15)1-2-11(10)16-6-8-3-4-17-7-8/h1-5,7H,6H2,(H,14,15). The number of benzene rings is 1.